The van der Waals surface area contributed by atoms with Crippen LogP contribution in [0, 0.1) is 0 Å². The van der Waals surface area contributed by atoms with Gasteiger partial charge in [-0.25, -0.2) is 9.78 Å². The number of hydrogen-bond donors (Lipinski definition) is 3. The molecule has 1 aliphatic rings. The molecule has 0 aliphatic heterocycles. The first-order chi connectivity index (χ1) is 9.33. The van der Waals surface area contributed by atoms with Crippen LogP contribution in [0.4, 0.5) is 4.79 Å². The van der Waals surface area contributed by atoms with Gasteiger partial charge in [0.25, 0.3) is 0 Å². The van der Waals surface area contributed by atoms with Crippen molar-refractivity contribution in [1.82, 2.24) is 20.6 Å². The summed E-state index contributed by atoms with van der Waals surface area (Å²) in [5.41, 5.74) is -0.445. The summed E-state index contributed by atoms with van der Waals surface area (Å²) < 4.78 is 5.23. The highest BCUT2D eigenvalue weighted by Gasteiger charge is 2.32. The molecule has 2 rings (SSSR count). The number of nitrogens with one attached hydrogen (secondary N) is 3. The maximum absolute atomic E-state index is 11.6. The van der Waals surface area contributed by atoms with Gasteiger partial charge in [-0.1, -0.05) is 0 Å². The second-order valence-electron chi connectivity index (χ2n) is 6.37. The molecule has 1 heterocycles. The highest BCUT2D eigenvalue weighted by atomic mass is 16.6. The summed E-state index contributed by atoms with van der Waals surface area (Å²) >= 11 is 0. The molecule has 3 N–H and O–H groups in total. The molecule has 0 radical (unpaired) electrons. The van der Waals surface area contributed by atoms with E-state index in [0.29, 0.717) is 6.04 Å². The molecular formula is C14H24N4O2. The molecule has 6 nitrogen and oxygen atoms in total. The summed E-state index contributed by atoms with van der Waals surface area (Å²) in [4.78, 5) is 18.9. The van der Waals surface area contributed by atoms with Crippen LogP contribution >= 0.6 is 0 Å². The van der Waals surface area contributed by atoms with Gasteiger partial charge in [0.15, 0.2) is 0 Å². The Morgan fingerprint density at radius 2 is 2.15 bits per heavy atom. The van der Waals surface area contributed by atoms with Crippen LogP contribution in [0.25, 0.3) is 0 Å². The molecule has 20 heavy (non-hydrogen) atoms. The van der Waals surface area contributed by atoms with Gasteiger partial charge in [-0.05, 0) is 40.5 Å². The van der Waals surface area contributed by atoms with Gasteiger partial charge < -0.3 is 20.4 Å². The van der Waals surface area contributed by atoms with Crippen molar-refractivity contribution in [1.29, 1.82) is 0 Å². The molecule has 1 aliphatic carbocycles. The molecule has 1 saturated carbocycles. The van der Waals surface area contributed by atoms with E-state index in [1.807, 2.05) is 27.0 Å². The Morgan fingerprint density at radius 3 is 2.70 bits per heavy atom. The summed E-state index contributed by atoms with van der Waals surface area (Å²) in [7, 11) is 0. The van der Waals surface area contributed by atoms with E-state index in [4.69, 9.17) is 4.74 Å². The van der Waals surface area contributed by atoms with E-state index in [1.165, 1.54) is 0 Å². The number of carbonyl (C=O) groups is 1. The van der Waals surface area contributed by atoms with Crippen LogP contribution in [0.1, 0.15) is 52.4 Å². The highest BCUT2D eigenvalue weighted by molar-refractivity contribution is 5.68. The predicted octanol–water partition coefficient (Wildman–Crippen LogP) is 2.12. The van der Waals surface area contributed by atoms with Crippen LogP contribution in [0.5, 0.6) is 0 Å². The average Bonchev–Trinajstić information content (AvgIpc) is 2.76. The standard InChI is InChI=1S/C14H24N4O2/c1-9(12-15-5-6-16-12)17-10-7-11(8-10)18-13(19)20-14(2,3)4/h5-6,9-11,17H,7-8H2,1-4H3,(H,15,16)(H,18,19). The van der Waals surface area contributed by atoms with Crippen molar-refractivity contribution in [2.24, 2.45) is 0 Å². The van der Waals surface area contributed by atoms with Gasteiger partial charge in [-0.2, -0.15) is 0 Å². The van der Waals surface area contributed by atoms with Crippen LogP contribution in [0.2, 0.25) is 0 Å². The van der Waals surface area contributed by atoms with E-state index in [-0.39, 0.29) is 18.2 Å². The van der Waals surface area contributed by atoms with Gasteiger partial charge in [0.05, 0.1) is 6.04 Å². The van der Waals surface area contributed by atoms with Gasteiger partial charge in [-0.15, -0.1) is 0 Å². The van der Waals surface area contributed by atoms with E-state index in [1.54, 1.807) is 6.20 Å². The number of rotatable bonds is 4. The van der Waals surface area contributed by atoms with Gasteiger partial charge in [-0.3, -0.25) is 0 Å². The molecule has 0 spiro atoms. The molecular weight excluding hydrogens is 256 g/mol. The van der Waals surface area contributed by atoms with E-state index in [0.717, 1.165) is 18.7 Å². The Hall–Kier alpha value is -1.56. The monoisotopic (exact) mass is 280 g/mol. The molecule has 112 valence electrons. The van der Waals surface area contributed by atoms with Gasteiger partial charge in [0, 0.05) is 24.5 Å². The average molecular weight is 280 g/mol. The number of alkyl carbamates (subject to hydrolysis) is 1. The predicted molar refractivity (Wildman–Crippen MR) is 76.3 cm³/mol. The molecule has 1 unspecified atom stereocenters. The molecule has 0 aromatic carbocycles. The zero-order valence-corrected chi connectivity index (χ0v) is 12.6. The molecule has 1 amide bonds. The van der Waals surface area contributed by atoms with Crippen molar-refractivity contribution >= 4 is 6.09 Å². The van der Waals surface area contributed by atoms with Crippen molar-refractivity contribution < 1.29 is 9.53 Å². The van der Waals surface area contributed by atoms with Crippen LogP contribution in [0.3, 0.4) is 0 Å². The SMILES string of the molecule is CC(NC1CC(NC(=O)OC(C)(C)C)C1)c1ncc[nH]1. The summed E-state index contributed by atoms with van der Waals surface area (Å²) in [5, 5.41) is 6.37. The summed E-state index contributed by atoms with van der Waals surface area (Å²) in [6.07, 6.45) is 5.08. The minimum Gasteiger partial charge on any atom is -0.444 e. The smallest absolute Gasteiger partial charge is 0.407 e. The largest absolute Gasteiger partial charge is 0.444 e. The van der Waals surface area contributed by atoms with Gasteiger partial charge in [0.1, 0.15) is 11.4 Å². The third-order valence-electron chi connectivity index (χ3n) is 3.27. The Kier molecular flexibility index (Phi) is 4.32. The molecule has 1 aromatic rings. The second-order valence-corrected chi connectivity index (χ2v) is 6.37. The lowest BCUT2D eigenvalue weighted by atomic mass is 9.86. The Bertz CT molecular complexity index is 433. The summed E-state index contributed by atoms with van der Waals surface area (Å²) in [6, 6.07) is 0.804. The lowest BCUT2D eigenvalue weighted by Crippen LogP contribution is -2.53. The highest BCUT2D eigenvalue weighted by Crippen LogP contribution is 2.23. The second kappa shape index (κ2) is 5.83. The van der Waals surface area contributed by atoms with Crippen LogP contribution in [0.15, 0.2) is 12.4 Å². The summed E-state index contributed by atoms with van der Waals surface area (Å²) in [6.45, 7) is 7.67. The molecule has 6 heteroatoms. The Balaban J connectivity index is 1.66. The van der Waals surface area contributed by atoms with Gasteiger partial charge in [0.2, 0.25) is 0 Å². The number of H-pyrrole nitrogens is 1. The third kappa shape index (κ3) is 4.23. The zero-order valence-electron chi connectivity index (χ0n) is 12.6. The molecule has 0 bridgehead atoms. The van der Waals surface area contributed by atoms with Crippen molar-refractivity contribution in [3.8, 4) is 0 Å². The lowest BCUT2D eigenvalue weighted by Gasteiger charge is -2.38. The fraction of sp³-hybridized carbons (Fsp3) is 0.714. The number of imidazole rings is 1. The molecule has 1 fully saturated rings. The lowest BCUT2D eigenvalue weighted by molar-refractivity contribution is 0.0463. The number of ether oxygens (including phenoxy) is 1. The van der Waals surface area contributed by atoms with Gasteiger partial charge >= 0.3 is 6.09 Å². The quantitative estimate of drug-likeness (QED) is 0.789. The number of hydrogen-bond acceptors (Lipinski definition) is 4. The number of aromatic nitrogens is 2. The molecule has 0 saturated heterocycles. The van der Waals surface area contributed by atoms with Crippen LogP contribution in [-0.4, -0.2) is 33.7 Å². The first kappa shape index (κ1) is 14.8. The minimum absolute atomic E-state index is 0.192. The fourth-order valence-electron chi connectivity index (χ4n) is 2.29. The zero-order chi connectivity index (χ0) is 14.8. The van der Waals surface area contributed by atoms with Crippen LogP contribution < -0.4 is 10.6 Å². The maximum Gasteiger partial charge on any atom is 0.407 e. The first-order valence-electron chi connectivity index (χ1n) is 7.08. The van der Waals surface area contributed by atoms with E-state index in [9.17, 15) is 4.79 Å². The Labute approximate surface area is 119 Å². The minimum atomic E-state index is -0.445. The number of nitrogens with zero attached hydrogens (tertiary/aromatic N) is 1. The maximum atomic E-state index is 11.6. The molecule has 1 atom stereocenters. The van der Waals surface area contributed by atoms with Crippen LogP contribution in [-0.2, 0) is 4.74 Å². The third-order valence-corrected chi connectivity index (χ3v) is 3.27. The normalized spacial score (nSPS) is 23.8. The van der Waals surface area contributed by atoms with Crippen molar-refractivity contribution in [2.45, 2.75) is 64.3 Å². The molecule has 1 aromatic heterocycles. The Morgan fingerprint density at radius 1 is 1.45 bits per heavy atom. The van der Waals surface area contributed by atoms with E-state index >= 15 is 0 Å². The summed E-state index contributed by atoms with van der Waals surface area (Å²) in [5.74, 6) is 0.938. The fourth-order valence-corrected chi connectivity index (χ4v) is 2.29. The van der Waals surface area contributed by atoms with Crippen molar-refractivity contribution in [3.05, 3.63) is 18.2 Å². The number of amides is 1. The van der Waals surface area contributed by atoms with Crippen molar-refractivity contribution in [2.75, 3.05) is 0 Å². The van der Waals surface area contributed by atoms with E-state index in [2.05, 4.69) is 27.5 Å². The topological polar surface area (TPSA) is 79.0 Å². The number of carbonyl (C=O) groups excluding carboxylic acids is 1. The number of aromatic amines is 1. The van der Waals surface area contributed by atoms with Crippen molar-refractivity contribution in [3.63, 3.8) is 0 Å². The van der Waals surface area contributed by atoms with E-state index < -0.39 is 5.60 Å². The first-order valence-corrected chi connectivity index (χ1v) is 7.08.